The monoisotopic (exact) mass is 390 g/mol. The summed E-state index contributed by atoms with van der Waals surface area (Å²) in [7, 11) is 0. The molecule has 7 heteroatoms. The number of nitrogen functional groups attached to an aromatic ring is 2. The Labute approximate surface area is 168 Å². The van der Waals surface area contributed by atoms with Gasteiger partial charge in [0.05, 0.1) is 24.2 Å². The molecular weight excluding hydrogens is 368 g/mol. The molecule has 148 valence electrons. The van der Waals surface area contributed by atoms with Crippen LogP contribution in [0.15, 0.2) is 60.7 Å². The topological polar surface area (TPSA) is 106 Å². The Kier molecular flexibility index (Phi) is 5.58. The Hall–Kier alpha value is -3.58. The molecular formula is C22H22N4O3. The second-order valence-electron chi connectivity index (χ2n) is 6.49. The molecule has 0 saturated carbocycles. The number of hydrogen-bond acceptors (Lipinski definition) is 7. The van der Waals surface area contributed by atoms with Gasteiger partial charge in [0.1, 0.15) is 36.3 Å². The third-order valence-corrected chi connectivity index (χ3v) is 4.36. The van der Waals surface area contributed by atoms with Gasteiger partial charge >= 0.3 is 0 Å². The highest BCUT2D eigenvalue weighted by molar-refractivity contribution is 5.82. The predicted octanol–water partition coefficient (Wildman–Crippen LogP) is 3.42. The lowest BCUT2D eigenvalue weighted by Gasteiger charge is -2.10. The average Bonchev–Trinajstić information content (AvgIpc) is 2.73. The highest BCUT2D eigenvalue weighted by atomic mass is 16.5. The number of pyridine rings is 2. The molecule has 0 spiro atoms. The molecule has 29 heavy (non-hydrogen) atoms. The molecule has 0 unspecified atom stereocenters. The summed E-state index contributed by atoms with van der Waals surface area (Å²) in [5.74, 6) is 2.56. The molecule has 4 N–H and O–H groups in total. The number of aromatic nitrogens is 2. The molecule has 0 aliphatic carbocycles. The van der Waals surface area contributed by atoms with Gasteiger partial charge in [-0.1, -0.05) is 0 Å². The number of anilines is 2. The number of nitrogens with zero attached hydrogens (tertiary/aromatic N) is 2. The van der Waals surface area contributed by atoms with Crippen LogP contribution in [0.3, 0.4) is 0 Å². The minimum atomic E-state index is 0.455. The minimum absolute atomic E-state index is 0.455. The minimum Gasteiger partial charge on any atom is -0.491 e. The molecule has 0 fully saturated rings. The molecule has 2 heterocycles. The van der Waals surface area contributed by atoms with E-state index in [1.54, 1.807) is 12.1 Å². The van der Waals surface area contributed by atoms with Crippen LogP contribution in [0.4, 0.5) is 11.6 Å². The molecule has 4 aromatic rings. The molecule has 0 atom stereocenters. The highest BCUT2D eigenvalue weighted by Crippen LogP contribution is 2.21. The first-order chi connectivity index (χ1) is 14.2. The van der Waals surface area contributed by atoms with Gasteiger partial charge < -0.3 is 25.7 Å². The second-order valence-corrected chi connectivity index (χ2v) is 6.49. The molecule has 7 nitrogen and oxygen atoms in total. The fourth-order valence-corrected chi connectivity index (χ4v) is 2.96. The largest absolute Gasteiger partial charge is 0.491 e. The maximum absolute atomic E-state index is 5.73. The van der Waals surface area contributed by atoms with Gasteiger partial charge in [-0.3, -0.25) is 0 Å². The summed E-state index contributed by atoms with van der Waals surface area (Å²) in [6.45, 7) is 1.86. The van der Waals surface area contributed by atoms with Crippen molar-refractivity contribution in [3.63, 3.8) is 0 Å². The van der Waals surface area contributed by atoms with Gasteiger partial charge in [-0.25, -0.2) is 9.97 Å². The van der Waals surface area contributed by atoms with Crippen molar-refractivity contribution in [2.24, 2.45) is 0 Å². The Morgan fingerprint density at radius 3 is 1.55 bits per heavy atom. The first kappa shape index (κ1) is 18.8. The van der Waals surface area contributed by atoms with E-state index in [1.165, 1.54) is 0 Å². The number of nitrogens with two attached hydrogens (primary N) is 2. The number of benzene rings is 2. The van der Waals surface area contributed by atoms with Crippen molar-refractivity contribution in [3.05, 3.63) is 60.7 Å². The number of rotatable bonds is 8. The smallest absolute Gasteiger partial charge is 0.124 e. The summed E-state index contributed by atoms with van der Waals surface area (Å²) in [5, 5.41) is 1.97. The average molecular weight is 390 g/mol. The maximum Gasteiger partial charge on any atom is 0.124 e. The Bertz CT molecular complexity index is 1040. The molecule has 0 aliphatic heterocycles. The quantitative estimate of drug-likeness (QED) is 0.444. The molecule has 2 aromatic heterocycles. The van der Waals surface area contributed by atoms with Gasteiger partial charge in [0, 0.05) is 10.8 Å². The zero-order valence-electron chi connectivity index (χ0n) is 15.9. The van der Waals surface area contributed by atoms with E-state index in [-0.39, 0.29) is 0 Å². The van der Waals surface area contributed by atoms with E-state index >= 15 is 0 Å². The van der Waals surface area contributed by atoms with Crippen molar-refractivity contribution in [3.8, 4) is 11.5 Å². The number of ether oxygens (including phenoxy) is 3. The third-order valence-electron chi connectivity index (χ3n) is 4.36. The van der Waals surface area contributed by atoms with Crippen LogP contribution in [-0.4, -0.2) is 36.4 Å². The van der Waals surface area contributed by atoms with Gasteiger partial charge in [-0.2, -0.15) is 0 Å². The van der Waals surface area contributed by atoms with Crippen molar-refractivity contribution in [1.29, 1.82) is 0 Å². The van der Waals surface area contributed by atoms with Crippen LogP contribution in [-0.2, 0) is 4.74 Å². The van der Waals surface area contributed by atoms with E-state index in [0.29, 0.717) is 38.1 Å². The van der Waals surface area contributed by atoms with Crippen molar-refractivity contribution < 1.29 is 14.2 Å². The first-order valence-corrected chi connectivity index (χ1v) is 9.33. The lowest BCUT2D eigenvalue weighted by Crippen LogP contribution is -2.12. The Balaban J connectivity index is 1.17. The van der Waals surface area contributed by atoms with Crippen LogP contribution < -0.4 is 20.9 Å². The van der Waals surface area contributed by atoms with E-state index in [2.05, 4.69) is 9.97 Å². The molecule has 0 radical (unpaired) electrons. The lowest BCUT2D eigenvalue weighted by atomic mass is 10.2. The molecule has 0 amide bonds. The van der Waals surface area contributed by atoms with Crippen LogP contribution in [0, 0.1) is 0 Å². The summed E-state index contributed by atoms with van der Waals surface area (Å²) in [4.78, 5) is 8.53. The number of fused-ring (bicyclic) bond motifs is 2. The van der Waals surface area contributed by atoms with E-state index in [1.807, 2.05) is 48.5 Å². The van der Waals surface area contributed by atoms with Crippen molar-refractivity contribution in [1.82, 2.24) is 9.97 Å². The van der Waals surface area contributed by atoms with Crippen molar-refractivity contribution >= 4 is 33.4 Å². The maximum atomic E-state index is 5.73. The summed E-state index contributed by atoms with van der Waals surface area (Å²) >= 11 is 0. The predicted molar refractivity (Wildman–Crippen MR) is 114 cm³/mol. The van der Waals surface area contributed by atoms with E-state index in [4.69, 9.17) is 25.7 Å². The molecule has 0 aliphatic rings. The number of hydrogen-bond donors (Lipinski definition) is 2. The standard InChI is InChI=1S/C22H22N4O3/c23-21-7-1-15-13-17(3-5-19(15)25-21)28-11-9-27-10-12-29-18-4-6-20-16(14-18)2-8-22(24)26-20/h1-8,13-14H,9-12H2,(H2,23,25)(H2,24,26). The van der Waals surface area contributed by atoms with E-state index in [0.717, 1.165) is 33.3 Å². The lowest BCUT2D eigenvalue weighted by molar-refractivity contribution is 0.0765. The summed E-state index contributed by atoms with van der Waals surface area (Å²) in [5.41, 5.74) is 13.1. The third kappa shape index (κ3) is 4.83. The van der Waals surface area contributed by atoms with Crippen LogP contribution in [0.25, 0.3) is 21.8 Å². The van der Waals surface area contributed by atoms with Gasteiger partial charge in [-0.15, -0.1) is 0 Å². The zero-order valence-corrected chi connectivity index (χ0v) is 15.9. The van der Waals surface area contributed by atoms with E-state index < -0.39 is 0 Å². The van der Waals surface area contributed by atoms with Crippen LogP contribution in [0.2, 0.25) is 0 Å². The zero-order chi connectivity index (χ0) is 20.1. The van der Waals surface area contributed by atoms with Crippen LogP contribution >= 0.6 is 0 Å². The Morgan fingerprint density at radius 1 is 0.586 bits per heavy atom. The van der Waals surface area contributed by atoms with Crippen LogP contribution in [0.1, 0.15) is 0 Å². The fraction of sp³-hybridized carbons (Fsp3) is 0.182. The molecule has 4 rings (SSSR count). The molecule has 0 saturated heterocycles. The van der Waals surface area contributed by atoms with Crippen molar-refractivity contribution in [2.75, 3.05) is 37.9 Å². The fourth-order valence-electron chi connectivity index (χ4n) is 2.96. The summed E-state index contributed by atoms with van der Waals surface area (Å²) in [6.07, 6.45) is 0. The van der Waals surface area contributed by atoms with E-state index in [9.17, 15) is 0 Å². The molecule has 2 aromatic carbocycles. The first-order valence-electron chi connectivity index (χ1n) is 9.33. The summed E-state index contributed by atoms with van der Waals surface area (Å²) < 4.78 is 17.0. The normalized spacial score (nSPS) is 11.0. The van der Waals surface area contributed by atoms with Gasteiger partial charge in [-0.05, 0) is 60.7 Å². The van der Waals surface area contributed by atoms with Crippen molar-refractivity contribution in [2.45, 2.75) is 0 Å². The SMILES string of the molecule is Nc1ccc2cc(OCCOCCOc3ccc4nc(N)ccc4c3)ccc2n1. The highest BCUT2D eigenvalue weighted by Gasteiger charge is 2.01. The van der Waals surface area contributed by atoms with Gasteiger partial charge in [0.15, 0.2) is 0 Å². The van der Waals surface area contributed by atoms with Gasteiger partial charge in [0.25, 0.3) is 0 Å². The van der Waals surface area contributed by atoms with Crippen LogP contribution in [0.5, 0.6) is 11.5 Å². The Morgan fingerprint density at radius 2 is 1.07 bits per heavy atom. The summed E-state index contributed by atoms with van der Waals surface area (Å²) in [6, 6.07) is 18.8. The molecule has 0 bridgehead atoms. The van der Waals surface area contributed by atoms with Gasteiger partial charge in [0.2, 0.25) is 0 Å². The second kappa shape index (κ2) is 8.62.